The van der Waals surface area contributed by atoms with Crippen LogP contribution in [0, 0.1) is 0 Å². The van der Waals surface area contributed by atoms with Crippen molar-refractivity contribution in [2.24, 2.45) is 0 Å². The zero-order valence-corrected chi connectivity index (χ0v) is 10.6. The molecule has 16 heavy (non-hydrogen) atoms. The fraction of sp³-hybridized carbons (Fsp3) is 0.375. The SMILES string of the molecule is C[C@H](CO)NS(=O)(=O)c1cnc(Cl)c(Cl)c1. The van der Waals surface area contributed by atoms with Crippen molar-refractivity contribution in [3.63, 3.8) is 0 Å². The third-order valence-corrected chi connectivity index (χ3v) is 3.95. The second-order valence-electron chi connectivity index (χ2n) is 3.15. The summed E-state index contributed by atoms with van der Waals surface area (Å²) in [5.74, 6) is 0. The van der Waals surface area contributed by atoms with Gasteiger partial charge in [-0.3, -0.25) is 0 Å². The van der Waals surface area contributed by atoms with Crippen LogP contribution in [0.15, 0.2) is 17.2 Å². The molecule has 1 aromatic heterocycles. The third kappa shape index (κ3) is 3.29. The predicted octanol–water partition coefficient (Wildman–Crippen LogP) is 1.05. The number of pyridine rings is 1. The topological polar surface area (TPSA) is 79.3 Å². The quantitative estimate of drug-likeness (QED) is 0.810. The number of nitrogens with zero attached hydrogens (tertiary/aromatic N) is 1. The second-order valence-corrected chi connectivity index (χ2v) is 5.63. The van der Waals surface area contributed by atoms with Gasteiger partial charge in [0.05, 0.1) is 11.6 Å². The maximum absolute atomic E-state index is 11.7. The van der Waals surface area contributed by atoms with Crippen molar-refractivity contribution in [3.8, 4) is 0 Å². The molecule has 0 aliphatic carbocycles. The smallest absolute Gasteiger partial charge is 0.242 e. The molecule has 0 saturated heterocycles. The Hall–Kier alpha value is -0.400. The zero-order valence-electron chi connectivity index (χ0n) is 8.31. The summed E-state index contributed by atoms with van der Waals surface area (Å²) in [5.41, 5.74) is 0. The minimum absolute atomic E-state index is 0.0378. The summed E-state index contributed by atoms with van der Waals surface area (Å²) < 4.78 is 25.7. The number of aliphatic hydroxyl groups excluding tert-OH is 1. The Morgan fingerprint density at radius 3 is 2.69 bits per heavy atom. The monoisotopic (exact) mass is 284 g/mol. The van der Waals surface area contributed by atoms with E-state index in [0.717, 1.165) is 6.20 Å². The molecule has 1 atom stereocenters. The first-order valence-corrected chi connectivity index (χ1v) is 6.55. The van der Waals surface area contributed by atoms with Gasteiger partial charge in [0.25, 0.3) is 0 Å². The average molecular weight is 285 g/mol. The van der Waals surface area contributed by atoms with Gasteiger partial charge in [-0.25, -0.2) is 18.1 Å². The van der Waals surface area contributed by atoms with Gasteiger partial charge in [0, 0.05) is 12.2 Å². The van der Waals surface area contributed by atoms with Gasteiger partial charge in [-0.15, -0.1) is 0 Å². The number of hydrogen-bond donors (Lipinski definition) is 2. The Balaban J connectivity index is 3.03. The van der Waals surface area contributed by atoms with E-state index in [1.54, 1.807) is 0 Å². The number of aromatic nitrogens is 1. The number of aliphatic hydroxyl groups is 1. The summed E-state index contributed by atoms with van der Waals surface area (Å²) in [4.78, 5) is 3.53. The van der Waals surface area contributed by atoms with Gasteiger partial charge in [0.15, 0.2) is 0 Å². The summed E-state index contributed by atoms with van der Waals surface area (Å²) in [7, 11) is -3.73. The minimum atomic E-state index is -3.73. The molecule has 0 aliphatic heterocycles. The van der Waals surface area contributed by atoms with Gasteiger partial charge in [-0.1, -0.05) is 23.2 Å². The fourth-order valence-electron chi connectivity index (χ4n) is 0.921. The summed E-state index contributed by atoms with van der Waals surface area (Å²) in [5, 5.41) is 8.85. The molecule has 90 valence electrons. The first kappa shape index (κ1) is 13.7. The Kier molecular flexibility index (Phi) is 4.52. The van der Waals surface area contributed by atoms with Crippen molar-refractivity contribution in [3.05, 3.63) is 22.4 Å². The fourth-order valence-corrected chi connectivity index (χ4v) is 2.46. The third-order valence-electron chi connectivity index (χ3n) is 1.71. The molecule has 5 nitrogen and oxygen atoms in total. The summed E-state index contributed by atoms with van der Waals surface area (Å²) in [6, 6.07) is 0.614. The minimum Gasteiger partial charge on any atom is -0.395 e. The van der Waals surface area contributed by atoms with E-state index >= 15 is 0 Å². The predicted molar refractivity (Wildman–Crippen MR) is 61.1 cm³/mol. The Labute approximate surface area is 103 Å². The largest absolute Gasteiger partial charge is 0.395 e. The molecule has 0 radical (unpaired) electrons. The number of rotatable bonds is 4. The Morgan fingerprint density at radius 2 is 2.19 bits per heavy atom. The van der Waals surface area contributed by atoms with Crippen LogP contribution in [0.4, 0.5) is 0 Å². The van der Waals surface area contributed by atoms with E-state index in [1.165, 1.54) is 13.0 Å². The lowest BCUT2D eigenvalue weighted by Crippen LogP contribution is -2.35. The van der Waals surface area contributed by atoms with Crippen LogP contribution in [-0.2, 0) is 10.0 Å². The molecule has 0 fully saturated rings. The molecule has 1 aromatic rings. The van der Waals surface area contributed by atoms with Gasteiger partial charge in [-0.2, -0.15) is 0 Å². The van der Waals surface area contributed by atoms with Crippen LogP contribution in [-0.4, -0.2) is 31.2 Å². The lowest BCUT2D eigenvalue weighted by Gasteiger charge is -2.11. The van der Waals surface area contributed by atoms with Crippen molar-refractivity contribution < 1.29 is 13.5 Å². The number of hydrogen-bond acceptors (Lipinski definition) is 4. The second kappa shape index (κ2) is 5.29. The van der Waals surface area contributed by atoms with Crippen LogP contribution < -0.4 is 4.72 Å². The molecule has 1 heterocycles. The summed E-state index contributed by atoms with van der Waals surface area (Å²) in [6.07, 6.45) is 1.10. The van der Waals surface area contributed by atoms with Crippen LogP contribution in [0.25, 0.3) is 0 Å². The maximum atomic E-state index is 11.7. The van der Waals surface area contributed by atoms with E-state index in [2.05, 4.69) is 9.71 Å². The lowest BCUT2D eigenvalue weighted by atomic mass is 10.4. The average Bonchev–Trinajstić information content (AvgIpc) is 2.21. The lowest BCUT2D eigenvalue weighted by molar-refractivity contribution is 0.265. The van der Waals surface area contributed by atoms with Gasteiger partial charge in [-0.05, 0) is 13.0 Å². The van der Waals surface area contributed by atoms with E-state index in [9.17, 15) is 8.42 Å². The molecule has 0 saturated carbocycles. The normalized spacial score (nSPS) is 13.8. The van der Waals surface area contributed by atoms with Crippen molar-refractivity contribution in [1.29, 1.82) is 0 Å². The Bertz CT molecular complexity index is 478. The standard InChI is InChI=1S/C8H10Cl2N2O3S/c1-5(4-13)12-16(14,15)6-2-7(9)8(10)11-3-6/h2-3,5,12-13H,4H2,1H3/t5-/m1/s1. The molecule has 0 aliphatic rings. The molecule has 8 heteroatoms. The van der Waals surface area contributed by atoms with E-state index in [0.29, 0.717) is 0 Å². The molecular weight excluding hydrogens is 275 g/mol. The van der Waals surface area contributed by atoms with Gasteiger partial charge in [0.2, 0.25) is 10.0 Å². The Morgan fingerprint density at radius 1 is 1.56 bits per heavy atom. The first-order chi connectivity index (χ1) is 7.36. The molecule has 0 bridgehead atoms. The van der Waals surface area contributed by atoms with Crippen molar-refractivity contribution in [1.82, 2.24) is 9.71 Å². The number of sulfonamides is 1. The molecule has 2 N–H and O–H groups in total. The van der Waals surface area contributed by atoms with E-state index in [1.807, 2.05) is 0 Å². The summed E-state index contributed by atoms with van der Waals surface area (Å²) >= 11 is 11.2. The highest BCUT2D eigenvalue weighted by Gasteiger charge is 2.18. The van der Waals surface area contributed by atoms with E-state index in [-0.39, 0.29) is 21.7 Å². The van der Waals surface area contributed by atoms with Gasteiger partial charge >= 0.3 is 0 Å². The summed E-state index contributed by atoms with van der Waals surface area (Å²) in [6.45, 7) is 1.23. The van der Waals surface area contributed by atoms with Crippen LogP contribution in [0.5, 0.6) is 0 Å². The number of halogens is 2. The van der Waals surface area contributed by atoms with Crippen LogP contribution in [0.2, 0.25) is 10.2 Å². The van der Waals surface area contributed by atoms with Crippen LogP contribution in [0.1, 0.15) is 6.92 Å². The van der Waals surface area contributed by atoms with Crippen LogP contribution >= 0.6 is 23.2 Å². The zero-order chi connectivity index (χ0) is 12.3. The highest BCUT2D eigenvalue weighted by Crippen LogP contribution is 2.22. The first-order valence-electron chi connectivity index (χ1n) is 4.31. The number of nitrogens with one attached hydrogen (secondary N) is 1. The maximum Gasteiger partial charge on any atom is 0.242 e. The van der Waals surface area contributed by atoms with E-state index in [4.69, 9.17) is 28.3 Å². The van der Waals surface area contributed by atoms with Crippen molar-refractivity contribution in [2.75, 3.05) is 6.61 Å². The van der Waals surface area contributed by atoms with Crippen molar-refractivity contribution >= 4 is 33.2 Å². The molecule has 0 unspecified atom stereocenters. The molecular formula is C8H10Cl2N2O3S. The molecule has 0 aromatic carbocycles. The van der Waals surface area contributed by atoms with E-state index < -0.39 is 16.1 Å². The highest BCUT2D eigenvalue weighted by molar-refractivity contribution is 7.89. The van der Waals surface area contributed by atoms with Gasteiger partial charge in [0.1, 0.15) is 10.0 Å². The van der Waals surface area contributed by atoms with Crippen LogP contribution in [0.3, 0.4) is 0 Å². The van der Waals surface area contributed by atoms with Crippen molar-refractivity contribution in [2.45, 2.75) is 17.9 Å². The molecule has 0 amide bonds. The highest BCUT2D eigenvalue weighted by atomic mass is 35.5. The molecule has 1 rings (SSSR count). The molecule has 0 spiro atoms. The van der Waals surface area contributed by atoms with Gasteiger partial charge < -0.3 is 5.11 Å².